The maximum Gasteiger partial charge on any atom is 0.305 e. The summed E-state index contributed by atoms with van der Waals surface area (Å²) in [5, 5.41) is 1.10. The van der Waals surface area contributed by atoms with Crippen LogP contribution in [0.15, 0.2) is 24.3 Å². The lowest BCUT2D eigenvalue weighted by Crippen LogP contribution is -2.24. The molecule has 0 radical (unpaired) electrons. The number of fused-ring (bicyclic) bond motifs is 1. The number of nitrogens with one attached hydrogen (secondary N) is 1. The van der Waals surface area contributed by atoms with E-state index in [0.29, 0.717) is 19.3 Å². The minimum atomic E-state index is -0.221. The Hall–Kier alpha value is -2.10. The van der Waals surface area contributed by atoms with Crippen molar-refractivity contribution in [3.8, 4) is 0 Å². The van der Waals surface area contributed by atoms with Crippen molar-refractivity contribution in [2.24, 2.45) is 0 Å². The van der Waals surface area contributed by atoms with Gasteiger partial charge in [0.15, 0.2) is 0 Å². The Morgan fingerprint density at radius 2 is 2.20 bits per heavy atom. The van der Waals surface area contributed by atoms with Crippen LogP contribution in [0.1, 0.15) is 36.4 Å². The number of carbonyl (C=O) groups excluding carboxylic acids is 2. The molecule has 1 atom stereocenters. The van der Waals surface area contributed by atoms with Crippen molar-refractivity contribution in [1.29, 1.82) is 0 Å². The number of esters is 1. The molecule has 1 aromatic heterocycles. The highest BCUT2D eigenvalue weighted by Gasteiger charge is 2.33. The van der Waals surface area contributed by atoms with Crippen molar-refractivity contribution >= 4 is 22.7 Å². The Morgan fingerprint density at radius 1 is 1.40 bits per heavy atom. The lowest BCUT2D eigenvalue weighted by atomic mass is 9.79. The number of ether oxygens (including phenoxy) is 1. The Morgan fingerprint density at radius 3 is 2.85 bits per heavy atom. The summed E-state index contributed by atoms with van der Waals surface area (Å²) in [4.78, 5) is 26.5. The van der Waals surface area contributed by atoms with E-state index in [9.17, 15) is 9.59 Å². The van der Waals surface area contributed by atoms with Gasteiger partial charge in [0.05, 0.1) is 13.0 Å². The van der Waals surface area contributed by atoms with Crippen LogP contribution in [0.5, 0.6) is 0 Å². The zero-order valence-corrected chi connectivity index (χ0v) is 11.4. The summed E-state index contributed by atoms with van der Waals surface area (Å²) in [6.07, 6.45) is 2.51. The number of aryl methyl sites for hydroxylation is 1. The summed E-state index contributed by atoms with van der Waals surface area (Å²) in [6, 6.07) is 7.98. The van der Waals surface area contributed by atoms with Crippen LogP contribution in [0, 0.1) is 0 Å². The average molecular weight is 271 g/mol. The normalized spacial score (nSPS) is 18.1. The number of aromatic amines is 1. The largest absolute Gasteiger partial charge is 0.469 e. The van der Waals surface area contributed by atoms with E-state index in [2.05, 4.69) is 4.98 Å². The molecule has 4 nitrogen and oxygen atoms in total. The smallest absolute Gasteiger partial charge is 0.305 e. The van der Waals surface area contributed by atoms with E-state index in [1.54, 1.807) is 0 Å². The fraction of sp³-hybridized carbons (Fsp3) is 0.375. The van der Waals surface area contributed by atoms with Gasteiger partial charge < -0.3 is 9.72 Å². The number of methoxy groups -OCH3 is 1. The predicted octanol–water partition coefficient (Wildman–Crippen LogP) is 2.72. The molecule has 1 fully saturated rings. The van der Waals surface area contributed by atoms with Gasteiger partial charge in [-0.15, -0.1) is 0 Å². The molecule has 1 N–H and O–H groups in total. The van der Waals surface area contributed by atoms with Crippen molar-refractivity contribution < 1.29 is 14.3 Å². The van der Waals surface area contributed by atoms with E-state index in [0.717, 1.165) is 28.6 Å². The van der Waals surface area contributed by atoms with Crippen molar-refractivity contribution in [2.75, 3.05) is 7.11 Å². The molecule has 1 unspecified atom stereocenters. The first-order chi connectivity index (χ1) is 9.70. The van der Waals surface area contributed by atoms with E-state index in [1.165, 1.54) is 7.11 Å². The van der Waals surface area contributed by atoms with Crippen LogP contribution in [0.3, 0.4) is 0 Å². The topological polar surface area (TPSA) is 59.2 Å². The number of hydrogen-bond donors (Lipinski definition) is 1. The lowest BCUT2D eigenvalue weighted by Gasteiger charge is -2.24. The number of benzene rings is 1. The number of carbonyl (C=O) groups is 2. The highest BCUT2D eigenvalue weighted by atomic mass is 16.5. The quantitative estimate of drug-likeness (QED) is 0.870. The van der Waals surface area contributed by atoms with E-state index in [4.69, 9.17) is 4.74 Å². The Kier molecular flexibility index (Phi) is 3.30. The number of Topliss-reactive ketones (excluding diaryl/α,β-unsaturated/α-hetero) is 1. The molecule has 1 aromatic carbocycles. The van der Waals surface area contributed by atoms with Gasteiger partial charge in [-0.1, -0.05) is 18.2 Å². The van der Waals surface area contributed by atoms with Crippen molar-refractivity contribution in [3.63, 3.8) is 0 Å². The van der Waals surface area contributed by atoms with Crippen molar-refractivity contribution in [2.45, 2.75) is 31.6 Å². The number of ketones is 1. The highest BCUT2D eigenvalue weighted by Crippen LogP contribution is 2.37. The van der Waals surface area contributed by atoms with Gasteiger partial charge >= 0.3 is 5.97 Å². The third-order valence-corrected chi connectivity index (χ3v) is 4.07. The standard InChI is InChI=1S/C16H17NO3/c1-20-15(19)9-7-11-10-4-2-3-5-13(10)17-16(11)12-6-8-14(12)18/h2-5,12,17H,6-9H2,1H3. The maximum absolute atomic E-state index is 11.7. The Labute approximate surface area is 117 Å². The minimum Gasteiger partial charge on any atom is -0.469 e. The molecule has 0 bridgehead atoms. The number of para-hydroxylation sites is 1. The summed E-state index contributed by atoms with van der Waals surface area (Å²) in [5.41, 5.74) is 3.11. The van der Waals surface area contributed by atoms with Crippen LogP contribution in [-0.2, 0) is 20.7 Å². The van der Waals surface area contributed by atoms with Gasteiger partial charge in [-0.2, -0.15) is 0 Å². The third kappa shape index (κ3) is 2.11. The van der Waals surface area contributed by atoms with E-state index in [1.807, 2.05) is 24.3 Å². The van der Waals surface area contributed by atoms with Gasteiger partial charge in [-0.05, 0) is 24.5 Å². The van der Waals surface area contributed by atoms with Gasteiger partial charge in [0.2, 0.25) is 0 Å². The van der Waals surface area contributed by atoms with Crippen LogP contribution in [0.2, 0.25) is 0 Å². The molecule has 1 aliphatic carbocycles. The fourth-order valence-electron chi connectivity index (χ4n) is 2.83. The highest BCUT2D eigenvalue weighted by molar-refractivity contribution is 5.94. The monoisotopic (exact) mass is 271 g/mol. The van der Waals surface area contributed by atoms with Crippen LogP contribution in [0.4, 0.5) is 0 Å². The summed E-state index contributed by atoms with van der Waals surface area (Å²) < 4.78 is 4.71. The molecule has 1 heterocycles. The molecule has 1 aliphatic rings. The second kappa shape index (κ2) is 5.12. The van der Waals surface area contributed by atoms with Crippen LogP contribution < -0.4 is 0 Å². The molecule has 3 rings (SSSR count). The van der Waals surface area contributed by atoms with Crippen molar-refractivity contribution in [1.82, 2.24) is 4.98 Å². The first-order valence-electron chi connectivity index (χ1n) is 6.89. The zero-order valence-electron chi connectivity index (χ0n) is 11.4. The van der Waals surface area contributed by atoms with Crippen LogP contribution in [0.25, 0.3) is 10.9 Å². The molecule has 104 valence electrons. The predicted molar refractivity (Wildman–Crippen MR) is 75.6 cm³/mol. The second-order valence-electron chi connectivity index (χ2n) is 5.20. The van der Waals surface area contributed by atoms with Gasteiger partial charge in [0.25, 0.3) is 0 Å². The van der Waals surface area contributed by atoms with Crippen molar-refractivity contribution in [3.05, 3.63) is 35.5 Å². The summed E-state index contributed by atoms with van der Waals surface area (Å²) in [7, 11) is 1.40. The third-order valence-electron chi connectivity index (χ3n) is 4.07. The lowest BCUT2D eigenvalue weighted by molar-refractivity contribution is -0.140. The first-order valence-corrected chi connectivity index (χ1v) is 6.89. The summed E-state index contributed by atoms with van der Waals surface area (Å²) in [6.45, 7) is 0. The Bertz CT molecular complexity index is 671. The summed E-state index contributed by atoms with van der Waals surface area (Å²) >= 11 is 0. The average Bonchev–Trinajstić information content (AvgIpc) is 2.81. The molecular weight excluding hydrogens is 254 g/mol. The van der Waals surface area contributed by atoms with E-state index in [-0.39, 0.29) is 17.7 Å². The molecular formula is C16H17NO3. The summed E-state index contributed by atoms with van der Waals surface area (Å²) in [5.74, 6) is 0.0482. The van der Waals surface area contributed by atoms with Crippen LogP contribution >= 0.6 is 0 Å². The maximum atomic E-state index is 11.7. The number of H-pyrrole nitrogens is 1. The second-order valence-corrected chi connectivity index (χ2v) is 5.20. The molecule has 0 saturated heterocycles. The first kappa shape index (κ1) is 12.9. The minimum absolute atomic E-state index is 0.0185. The zero-order chi connectivity index (χ0) is 14.1. The van der Waals surface area contributed by atoms with Gasteiger partial charge in [0.1, 0.15) is 5.78 Å². The van der Waals surface area contributed by atoms with Gasteiger partial charge in [0, 0.05) is 29.4 Å². The number of hydrogen-bond acceptors (Lipinski definition) is 3. The molecule has 0 spiro atoms. The number of rotatable bonds is 4. The fourth-order valence-corrected chi connectivity index (χ4v) is 2.83. The molecule has 20 heavy (non-hydrogen) atoms. The van der Waals surface area contributed by atoms with Crippen LogP contribution in [-0.4, -0.2) is 23.8 Å². The molecule has 4 heteroatoms. The molecule has 2 aromatic rings. The molecule has 0 amide bonds. The van der Waals surface area contributed by atoms with E-state index < -0.39 is 0 Å². The molecule has 1 saturated carbocycles. The number of aromatic nitrogens is 1. The molecule has 0 aliphatic heterocycles. The van der Waals surface area contributed by atoms with Gasteiger partial charge in [-0.3, -0.25) is 9.59 Å². The SMILES string of the molecule is COC(=O)CCc1c(C2CCC2=O)[nH]c2ccccc12. The van der Waals surface area contributed by atoms with E-state index >= 15 is 0 Å². The Balaban J connectivity index is 1.99. The van der Waals surface area contributed by atoms with Gasteiger partial charge in [-0.25, -0.2) is 0 Å².